The maximum Gasteiger partial charge on any atom is 0.240 e. The van der Waals surface area contributed by atoms with Crippen LogP contribution < -0.4 is 0 Å². The molecule has 0 fully saturated rings. The Morgan fingerprint density at radius 2 is 0.640 bits per heavy atom. The minimum Gasteiger partial charge on any atom is -0.245 e. The van der Waals surface area contributed by atoms with E-state index in [4.69, 9.17) is 20.0 Å². The van der Waals surface area contributed by atoms with Crippen molar-refractivity contribution in [3.8, 4) is 22.3 Å². The first kappa shape index (κ1) is 68.2. The molecule has 9 rings (SSSR count). The predicted molar refractivity (Wildman–Crippen MR) is 389 cm³/mol. The average molecular weight is 1200 g/mol. The number of hydrogen-bond acceptors (Lipinski definition) is 5. The topological polar surface area (TPSA) is 52.7 Å². The number of benzene rings is 4. The normalized spacial score (nSPS) is 15.7. The molecule has 0 saturated heterocycles. The van der Waals surface area contributed by atoms with Crippen LogP contribution in [0.2, 0.25) is 0 Å². The van der Waals surface area contributed by atoms with Crippen LogP contribution in [0.1, 0.15) is 357 Å². The van der Waals surface area contributed by atoms with E-state index in [2.05, 4.69) is 124 Å². The Morgan fingerprint density at radius 3 is 1.03 bits per heavy atom. The first-order chi connectivity index (χ1) is 43.9. The molecule has 5 nitrogen and oxygen atoms in total. The van der Waals surface area contributed by atoms with Crippen LogP contribution in [0, 0.1) is 0 Å². The van der Waals surface area contributed by atoms with Gasteiger partial charge in [0.15, 0.2) is 11.7 Å². The molecular formula is C84H121N5. The maximum atomic E-state index is 5.38. The standard InChI is InChI=1S/C84H121N5/c1-7-11-15-19-23-27-31-35-39-47-59-83(60-48-40-36-32-28-24-20-16-12-8-2)76-53-45-43-51-70(76)72-57-55-68(63-78(72)83)74-65-75(81-86-67(6)88-82-87-66(5)85-80(74)89(81)82)69-56-58-73-71-52-44-46-54-77(71)84(79(73)64-69,61-49-41-37-33-29-25-21-17-13-9-3)62-50-42-38-34-30-26-22-18-14-10-4/h43-46,51-58,63-65H,7-42,47-50,59-62H2,1-6H3. The molecule has 0 radical (unpaired) electrons. The highest BCUT2D eigenvalue weighted by Crippen LogP contribution is 2.57. The molecule has 482 valence electrons. The van der Waals surface area contributed by atoms with Gasteiger partial charge in [0.25, 0.3) is 0 Å². The summed E-state index contributed by atoms with van der Waals surface area (Å²) in [6.07, 6.45) is 61.6. The van der Waals surface area contributed by atoms with E-state index >= 15 is 0 Å². The van der Waals surface area contributed by atoms with Crippen molar-refractivity contribution >= 4 is 34.6 Å². The number of hydrogen-bond donors (Lipinski definition) is 0. The van der Waals surface area contributed by atoms with Gasteiger partial charge in [0.05, 0.1) is 0 Å². The minimum absolute atomic E-state index is 0.0347. The lowest BCUT2D eigenvalue weighted by Gasteiger charge is -2.37. The zero-order chi connectivity index (χ0) is 61.9. The summed E-state index contributed by atoms with van der Waals surface area (Å²) in [7, 11) is 0. The van der Waals surface area contributed by atoms with Gasteiger partial charge in [-0.15, -0.1) is 0 Å². The molecular weight excluding hydrogens is 1080 g/mol. The number of allylic oxidation sites excluding steroid dienone is 2. The highest BCUT2D eigenvalue weighted by atomic mass is 15.4. The molecule has 0 atom stereocenters. The second-order valence-corrected chi connectivity index (χ2v) is 28.3. The van der Waals surface area contributed by atoms with E-state index in [0.29, 0.717) is 5.96 Å². The summed E-state index contributed by atoms with van der Waals surface area (Å²) < 4.78 is 0. The van der Waals surface area contributed by atoms with E-state index in [0.717, 1.165) is 34.5 Å². The molecule has 4 aromatic carbocycles. The molecule has 0 N–H and O–H groups in total. The zero-order valence-electron chi connectivity index (χ0n) is 57.5. The molecule has 2 aliphatic carbocycles. The highest BCUT2D eigenvalue weighted by molar-refractivity contribution is 6.36. The van der Waals surface area contributed by atoms with Gasteiger partial charge in [0, 0.05) is 22.0 Å². The lowest BCUT2D eigenvalue weighted by Crippen LogP contribution is -2.43. The van der Waals surface area contributed by atoms with Crippen LogP contribution in [0.3, 0.4) is 0 Å². The fourth-order valence-corrected chi connectivity index (χ4v) is 16.5. The summed E-state index contributed by atoms with van der Waals surface area (Å²) >= 11 is 0. The molecule has 5 aliphatic rings. The molecule has 0 saturated carbocycles. The van der Waals surface area contributed by atoms with Crippen molar-refractivity contribution in [2.24, 2.45) is 20.0 Å². The monoisotopic (exact) mass is 1200 g/mol. The van der Waals surface area contributed by atoms with Gasteiger partial charge in [-0.05, 0) is 113 Å². The third-order valence-electron chi connectivity index (χ3n) is 21.4. The fraction of sp³-hybridized carbons (Fsp3) is 0.619. The molecule has 4 aromatic rings. The Kier molecular flexibility index (Phi) is 27.7. The summed E-state index contributed by atoms with van der Waals surface area (Å²) in [6, 6.07) is 34.2. The zero-order valence-corrected chi connectivity index (χ0v) is 57.5. The molecule has 89 heavy (non-hydrogen) atoms. The highest BCUT2D eigenvalue weighted by Gasteiger charge is 2.45. The second kappa shape index (κ2) is 36.2. The van der Waals surface area contributed by atoms with Gasteiger partial charge in [-0.3, -0.25) is 0 Å². The number of rotatable bonds is 46. The van der Waals surface area contributed by atoms with Crippen molar-refractivity contribution < 1.29 is 0 Å². The molecule has 0 spiro atoms. The smallest absolute Gasteiger partial charge is 0.240 e. The largest absolute Gasteiger partial charge is 0.245 e. The Balaban J connectivity index is 1.06. The first-order valence-electron chi connectivity index (χ1n) is 37.9. The molecule has 0 unspecified atom stereocenters. The van der Waals surface area contributed by atoms with E-state index in [9.17, 15) is 0 Å². The summed E-state index contributed by atoms with van der Waals surface area (Å²) in [5.74, 6) is 3.93. The Labute approximate surface area is 543 Å². The van der Waals surface area contributed by atoms with E-state index in [1.807, 2.05) is 13.8 Å². The number of nitrogens with zero attached hydrogens (tertiary/aromatic N) is 5. The first-order valence-corrected chi connectivity index (χ1v) is 37.9. The van der Waals surface area contributed by atoms with Crippen LogP contribution in [0.25, 0.3) is 33.4 Å². The summed E-state index contributed by atoms with van der Waals surface area (Å²) in [4.78, 5) is 23.1. The Bertz CT molecular complexity index is 2980. The van der Waals surface area contributed by atoms with Gasteiger partial charge in [-0.25, -0.2) is 14.9 Å². The van der Waals surface area contributed by atoms with Gasteiger partial charge in [0.2, 0.25) is 5.96 Å². The van der Waals surface area contributed by atoms with E-state index in [1.165, 1.54) is 327 Å². The van der Waals surface area contributed by atoms with Crippen LogP contribution in [-0.2, 0) is 10.8 Å². The molecule has 0 aromatic heterocycles. The fourth-order valence-electron chi connectivity index (χ4n) is 16.5. The summed E-state index contributed by atoms with van der Waals surface area (Å²) in [5, 5.41) is 0. The molecule has 5 heteroatoms. The van der Waals surface area contributed by atoms with E-state index < -0.39 is 0 Å². The quantitative estimate of drug-likeness (QED) is 0.0407. The second-order valence-electron chi connectivity index (χ2n) is 28.3. The number of unbranched alkanes of at least 4 members (excludes halogenated alkanes) is 36. The van der Waals surface area contributed by atoms with Gasteiger partial charge < -0.3 is 0 Å². The van der Waals surface area contributed by atoms with E-state index in [-0.39, 0.29) is 10.8 Å². The Morgan fingerprint density at radius 1 is 0.315 bits per heavy atom. The van der Waals surface area contributed by atoms with Gasteiger partial charge >= 0.3 is 0 Å². The van der Waals surface area contributed by atoms with Gasteiger partial charge in [-0.1, -0.05) is 357 Å². The SMILES string of the molecule is CCCCCCCCCCCCC1(CCCCCCCCCCCC)c2ccccc2-c2ccc(C3=CC(c4ccc5c(c4)C(CCCCCCCCCCCC)(CCCCCCCCCCCC)c4ccccc4-5)=C4N=C(C)N=C5N=C(C)N=C3N54)cc21. The van der Waals surface area contributed by atoms with Gasteiger partial charge in [-0.2, -0.15) is 9.98 Å². The number of aliphatic imine (C=N–C) groups is 4. The molecule has 3 heterocycles. The minimum atomic E-state index is -0.0347. The average Bonchev–Trinajstić information content (AvgIpc) is 1.67. The number of fused-ring (bicyclic) bond motifs is 6. The van der Waals surface area contributed by atoms with Crippen molar-refractivity contribution in [2.45, 2.75) is 335 Å². The van der Waals surface area contributed by atoms with Crippen LogP contribution in [-0.4, -0.2) is 28.4 Å². The third kappa shape index (κ3) is 17.7. The van der Waals surface area contributed by atoms with Crippen LogP contribution >= 0.6 is 0 Å². The van der Waals surface area contributed by atoms with Gasteiger partial charge in [0.1, 0.15) is 11.7 Å². The summed E-state index contributed by atoms with van der Waals surface area (Å²) in [6.45, 7) is 13.4. The number of guanidine groups is 1. The van der Waals surface area contributed by atoms with E-state index in [1.54, 1.807) is 11.1 Å². The lowest BCUT2D eigenvalue weighted by atomic mass is 9.70. The predicted octanol–water partition coefficient (Wildman–Crippen LogP) is 26.1. The Hall–Kier alpha value is -5.16. The molecule has 0 amide bonds. The van der Waals surface area contributed by atoms with Crippen molar-refractivity contribution in [3.63, 3.8) is 0 Å². The molecule has 3 aliphatic heterocycles. The third-order valence-corrected chi connectivity index (χ3v) is 21.4. The summed E-state index contributed by atoms with van der Waals surface area (Å²) in [5.41, 5.74) is 16.6. The van der Waals surface area contributed by atoms with Crippen LogP contribution in [0.5, 0.6) is 0 Å². The molecule has 0 bridgehead atoms. The van der Waals surface area contributed by atoms with Crippen molar-refractivity contribution in [2.75, 3.05) is 0 Å². The number of amidine groups is 3. The van der Waals surface area contributed by atoms with Crippen molar-refractivity contribution in [3.05, 3.63) is 130 Å². The van der Waals surface area contributed by atoms with Crippen molar-refractivity contribution in [1.29, 1.82) is 0 Å². The van der Waals surface area contributed by atoms with Crippen LogP contribution in [0.4, 0.5) is 0 Å². The van der Waals surface area contributed by atoms with Crippen molar-refractivity contribution in [1.82, 2.24) is 4.90 Å². The maximum absolute atomic E-state index is 5.38. The van der Waals surface area contributed by atoms with Crippen LogP contribution in [0.15, 0.2) is 117 Å². The lowest BCUT2D eigenvalue weighted by molar-refractivity contribution is 0.397.